The molecule has 2 heterocycles. The molecule has 3 unspecified atom stereocenters. The molecule has 4 nitrogen and oxygen atoms in total. The van der Waals surface area contributed by atoms with Gasteiger partial charge >= 0.3 is 0 Å². The molecule has 2 saturated heterocycles. The smallest absolute Gasteiger partial charge is 0.0831 e. The van der Waals surface area contributed by atoms with Crippen LogP contribution in [0.2, 0.25) is 0 Å². The van der Waals surface area contributed by atoms with E-state index in [1.54, 1.807) is 0 Å². The van der Waals surface area contributed by atoms with Crippen LogP contribution in [0.1, 0.15) is 12.8 Å². The van der Waals surface area contributed by atoms with Gasteiger partial charge in [0.15, 0.2) is 0 Å². The van der Waals surface area contributed by atoms with Crippen molar-refractivity contribution in [3.63, 3.8) is 0 Å². The first kappa shape index (κ1) is 10.4. The van der Waals surface area contributed by atoms with Crippen molar-refractivity contribution in [2.24, 2.45) is 5.92 Å². The topological polar surface area (TPSA) is 47.9 Å². The number of rotatable bonds is 4. The number of ether oxygens (including phenoxy) is 3. The molecule has 2 rings (SSSR count). The van der Waals surface area contributed by atoms with Gasteiger partial charge in [0.05, 0.1) is 32.0 Å². The van der Waals surface area contributed by atoms with Crippen LogP contribution in [0.4, 0.5) is 0 Å². The van der Waals surface area contributed by atoms with Gasteiger partial charge in [-0.1, -0.05) is 0 Å². The van der Waals surface area contributed by atoms with Crippen LogP contribution in [0, 0.1) is 5.92 Å². The molecule has 0 bridgehead atoms. The maximum absolute atomic E-state index is 9.76. The zero-order valence-electron chi connectivity index (χ0n) is 8.35. The third-order valence-electron chi connectivity index (χ3n) is 2.90. The standard InChI is InChI=1S/C10H18O4/c11-10(8-1-3-12-5-8)7-14-9-2-4-13-6-9/h8-11H,1-7H2. The molecule has 82 valence electrons. The van der Waals surface area contributed by atoms with Crippen molar-refractivity contribution in [2.45, 2.75) is 25.0 Å². The van der Waals surface area contributed by atoms with E-state index >= 15 is 0 Å². The summed E-state index contributed by atoms with van der Waals surface area (Å²) in [6, 6.07) is 0. The van der Waals surface area contributed by atoms with Crippen molar-refractivity contribution in [3.05, 3.63) is 0 Å². The molecular weight excluding hydrogens is 184 g/mol. The van der Waals surface area contributed by atoms with E-state index in [1.807, 2.05) is 0 Å². The molecule has 0 radical (unpaired) electrons. The monoisotopic (exact) mass is 202 g/mol. The molecule has 0 aromatic carbocycles. The first-order chi connectivity index (χ1) is 6.86. The highest BCUT2D eigenvalue weighted by Gasteiger charge is 2.25. The Kier molecular flexibility index (Phi) is 3.75. The van der Waals surface area contributed by atoms with Gasteiger partial charge in [0, 0.05) is 19.1 Å². The van der Waals surface area contributed by atoms with E-state index in [2.05, 4.69) is 0 Å². The average molecular weight is 202 g/mol. The molecule has 3 atom stereocenters. The highest BCUT2D eigenvalue weighted by molar-refractivity contribution is 4.73. The quantitative estimate of drug-likeness (QED) is 0.707. The van der Waals surface area contributed by atoms with Gasteiger partial charge in [-0.15, -0.1) is 0 Å². The Bertz CT molecular complexity index is 162. The highest BCUT2D eigenvalue weighted by Crippen LogP contribution is 2.18. The second-order valence-electron chi connectivity index (χ2n) is 4.01. The molecule has 1 N–H and O–H groups in total. The van der Waals surface area contributed by atoms with Crippen LogP contribution < -0.4 is 0 Å². The van der Waals surface area contributed by atoms with Crippen molar-refractivity contribution in [2.75, 3.05) is 33.0 Å². The fraction of sp³-hybridized carbons (Fsp3) is 1.00. The van der Waals surface area contributed by atoms with Gasteiger partial charge in [0.2, 0.25) is 0 Å². The predicted octanol–water partition coefficient (Wildman–Crippen LogP) is 0.189. The van der Waals surface area contributed by atoms with Gasteiger partial charge in [0.1, 0.15) is 0 Å². The van der Waals surface area contributed by atoms with Gasteiger partial charge < -0.3 is 19.3 Å². The molecule has 4 heteroatoms. The summed E-state index contributed by atoms with van der Waals surface area (Å²) in [6.45, 7) is 3.32. The van der Waals surface area contributed by atoms with E-state index in [-0.39, 0.29) is 18.1 Å². The average Bonchev–Trinajstić information content (AvgIpc) is 2.87. The van der Waals surface area contributed by atoms with Gasteiger partial charge in [-0.3, -0.25) is 0 Å². The van der Waals surface area contributed by atoms with Crippen molar-refractivity contribution >= 4 is 0 Å². The minimum atomic E-state index is -0.377. The molecule has 0 aromatic heterocycles. The van der Waals surface area contributed by atoms with Gasteiger partial charge in [-0.25, -0.2) is 0 Å². The van der Waals surface area contributed by atoms with Crippen molar-refractivity contribution in [1.29, 1.82) is 0 Å². The summed E-state index contributed by atoms with van der Waals surface area (Å²) < 4.78 is 15.9. The summed E-state index contributed by atoms with van der Waals surface area (Å²) in [5.41, 5.74) is 0. The van der Waals surface area contributed by atoms with Crippen molar-refractivity contribution < 1.29 is 19.3 Å². The fourth-order valence-corrected chi connectivity index (χ4v) is 1.87. The Morgan fingerprint density at radius 2 is 2.00 bits per heavy atom. The minimum Gasteiger partial charge on any atom is -0.390 e. The van der Waals surface area contributed by atoms with E-state index < -0.39 is 0 Å². The third kappa shape index (κ3) is 2.67. The van der Waals surface area contributed by atoms with Crippen molar-refractivity contribution in [1.82, 2.24) is 0 Å². The number of hydrogen-bond acceptors (Lipinski definition) is 4. The molecular formula is C10H18O4. The lowest BCUT2D eigenvalue weighted by Gasteiger charge is -2.18. The van der Waals surface area contributed by atoms with Crippen LogP contribution in [0.25, 0.3) is 0 Å². The Morgan fingerprint density at radius 3 is 2.64 bits per heavy atom. The molecule has 14 heavy (non-hydrogen) atoms. The lowest BCUT2D eigenvalue weighted by molar-refractivity contribution is -0.0339. The Morgan fingerprint density at radius 1 is 1.21 bits per heavy atom. The van der Waals surface area contributed by atoms with Crippen LogP contribution in [-0.4, -0.2) is 50.3 Å². The fourth-order valence-electron chi connectivity index (χ4n) is 1.87. The maximum Gasteiger partial charge on any atom is 0.0831 e. The zero-order valence-corrected chi connectivity index (χ0v) is 8.35. The number of hydrogen-bond donors (Lipinski definition) is 1. The number of aliphatic hydroxyl groups excluding tert-OH is 1. The first-order valence-electron chi connectivity index (χ1n) is 5.31. The van der Waals surface area contributed by atoms with Crippen LogP contribution in [0.5, 0.6) is 0 Å². The Labute approximate surface area is 84.1 Å². The SMILES string of the molecule is OC(COC1CCOC1)C1CCOC1. The summed E-state index contributed by atoms with van der Waals surface area (Å²) in [4.78, 5) is 0. The van der Waals surface area contributed by atoms with Gasteiger partial charge in [-0.05, 0) is 12.8 Å². The predicted molar refractivity (Wildman–Crippen MR) is 50.1 cm³/mol. The van der Waals surface area contributed by atoms with Crippen LogP contribution >= 0.6 is 0 Å². The summed E-state index contributed by atoms with van der Waals surface area (Å²) in [6.07, 6.45) is 1.71. The van der Waals surface area contributed by atoms with Crippen LogP contribution in [0.3, 0.4) is 0 Å². The van der Waals surface area contributed by atoms with E-state index in [0.29, 0.717) is 19.8 Å². The summed E-state index contributed by atoms with van der Waals surface area (Å²) in [5, 5.41) is 9.76. The summed E-state index contributed by atoms with van der Waals surface area (Å²) in [7, 11) is 0. The summed E-state index contributed by atoms with van der Waals surface area (Å²) in [5.74, 6) is 0.261. The minimum absolute atomic E-state index is 0.187. The summed E-state index contributed by atoms with van der Waals surface area (Å²) >= 11 is 0. The lowest BCUT2D eigenvalue weighted by atomic mass is 10.0. The van der Waals surface area contributed by atoms with E-state index in [0.717, 1.165) is 26.1 Å². The second kappa shape index (κ2) is 5.07. The van der Waals surface area contributed by atoms with Crippen LogP contribution in [0.15, 0.2) is 0 Å². The second-order valence-corrected chi connectivity index (χ2v) is 4.01. The van der Waals surface area contributed by atoms with E-state index in [4.69, 9.17) is 14.2 Å². The lowest BCUT2D eigenvalue weighted by Crippen LogP contribution is -2.29. The molecule has 0 aliphatic carbocycles. The van der Waals surface area contributed by atoms with Gasteiger partial charge in [-0.2, -0.15) is 0 Å². The molecule has 0 aromatic rings. The molecule has 0 saturated carbocycles. The molecule has 0 spiro atoms. The molecule has 0 amide bonds. The van der Waals surface area contributed by atoms with E-state index in [9.17, 15) is 5.11 Å². The molecule has 2 aliphatic rings. The third-order valence-corrected chi connectivity index (χ3v) is 2.90. The Balaban J connectivity index is 1.63. The number of aliphatic hydroxyl groups is 1. The largest absolute Gasteiger partial charge is 0.390 e. The maximum atomic E-state index is 9.76. The highest BCUT2D eigenvalue weighted by atomic mass is 16.5. The van der Waals surface area contributed by atoms with Crippen LogP contribution in [-0.2, 0) is 14.2 Å². The van der Waals surface area contributed by atoms with Crippen molar-refractivity contribution in [3.8, 4) is 0 Å². The first-order valence-corrected chi connectivity index (χ1v) is 5.31. The van der Waals surface area contributed by atoms with E-state index in [1.165, 1.54) is 0 Å². The normalized spacial score (nSPS) is 34.9. The molecule has 2 fully saturated rings. The van der Waals surface area contributed by atoms with Gasteiger partial charge in [0.25, 0.3) is 0 Å². The Hall–Kier alpha value is -0.160. The molecule has 2 aliphatic heterocycles. The zero-order chi connectivity index (χ0) is 9.80.